The van der Waals surface area contributed by atoms with Gasteiger partial charge in [0, 0.05) is 12.3 Å². The van der Waals surface area contributed by atoms with E-state index in [1.807, 2.05) is 19.2 Å². The molecule has 0 spiro atoms. The van der Waals surface area contributed by atoms with Crippen LogP contribution in [0.3, 0.4) is 0 Å². The molecular formula is C25H29F2NO. The van der Waals surface area contributed by atoms with Gasteiger partial charge >= 0.3 is 0 Å². The minimum atomic E-state index is -0.339. The van der Waals surface area contributed by atoms with Gasteiger partial charge in [0.15, 0.2) is 0 Å². The summed E-state index contributed by atoms with van der Waals surface area (Å²) < 4.78 is 31.0. The Bertz CT molecular complexity index is 827. The Balaban J connectivity index is 0.000000308. The molecule has 0 saturated carbocycles. The molecule has 1 unspecified atom stereocenters. The maximum Gasteiger partial charge on any atom is 0.130 e. The van der Waals surface area contributed by atoms with Crippen LogP contribution in [0.4, 0.5) is 8.78 Å². The zero-order valence-corrected chi connectivity index (χ0v) is 17.4. The van der Waals surface area contributed by atoms with Crippen LogP contribution in [0.15, 0.2) is 96.2 Å². The summed E-state index contributed by atoms with van der Waals surface area (Å²) in [4.78, 5) is 4.23. The maximum atomic E-state index is 13.0. The van der Waals surface area contributed by atoms with Gasteiger partial charge < -0.3 is 4.74 Å². The van der Waals surface area contributed by atoms with Gasteiger partial charge in [-0.1, -0.05) is 56.5 Å². The molecule has 29 heavy (non-hydrogen) atoms. The summed E-state index contributed by atoms with van der Waals surface area (Å²) in [5.74, 6) is 0.345. The van der Waals surface area contributed by atoms with Gasteiger partial charge in [0.25, 0.3) is 0 Å². The predicted molar refractivity (Wildman–Crippen MR) is 120 cm³/mol. The van der Waals surface area contributed by atoms with E-state index < -0.39 is 0 Å². The van der Waals surface area contributed by atoms with Gasteiger partial charge in [-0.15, -0.1) is 0 Å². The summed E-state index contributed by atoms with van der Waals surface area (Å²) in [7, 11) is 0. The van der Waals surface area contributed by atoms with E-state index in [1.165, 1.54) is 30.4 Å². The van der Waals surface area contributed by atoms with Gasteiger partial charge in [-0.3, -0.25) is 4.99 Å². The molecule has 1 heterocycles. The van der Waals surface area contributed by atoms with Crippen LogP contribution in [0.1, 0.15) is 32.8 Å². The Morgan fingerprint density at radius 2 is 1.86 bits per heavy atom. The van der Waals surface area contributed by atoms with E-state index in [2.05, 4.69) is 31.2 Å². The molecule has 2 nitrogen and oxygen atoms in total. The molecule has 0 fully saturated rings. The molecule has 0 aromatic heterocycles. The quantitative estimate of drug-likeness (QED) is 0.348. The molecule has 0 radical (unpaired) electrons. The molecule has 1 aliphatic heterocycles. The summed E-state index contributed by atoms with van der Waals surface area (Å²) >= 11 is 0. The van der Waals surface area contributed by atoms with Crippen molar-refractivity contribution in [1.82, 2.24) is 0 Å². The van der Waals surface area contributed by atoms with E-state index in [-0.39, 0.29) is 11.6 Å². The molecule has 4 heteroatoms. The molecule has 0 aliphatic carbocycles. The van der Waals surface area contributed by atoms with Gasteiger partial charge in [0.05, 0.1) is 5.70 Å². The summed E-state index contributed by atoms with van der Waals surface area (Å²) in [6, 6.07) is 6.38. The Morgan fingerprint density at radius 3 is 2.38 bits per heavy atom. The van der Waals surface area contributed by atoms with Gasteiger partial charge in [0.1, 0.15) is 24.0 Å². The Kier molecular flexibility index (Phi) is 10.9. The average Bonchev–Trinajstić information content (AvgIpc) is 2.73. The first-order chi connectivity index (χ1) is 13.9. The first-order valence-electron chi connectivity index (χ1n) is 9.50. The van der Waals surface area contributed by atoms with Gasteiger partial charge in [-0.05, 0) is 55.5 Å². The fourth-order valence-corrected chi connectivity index (χ4v) is 2.44. The smallest absolute Gasteiger partial charge is 0.130 e. The highest BCUT2D eigenvalue weighted by molar-refractivity contribution is 5.72. The molecule has 1 aromatic rings. The first kappa shape index (κ1) is 24.0. The molecule has 0 bridgehead atoms. The molecule has 1 aromatic carbocycles. The fourth-order valence-electron chi connectivity index (χ4n) is 2.44. The molecular weight excluding hydrogens is 368 g/mol. The fraction of sp³-hybridized carbons (Fsp3) is 0.240. The van der Waals surface area contributed by atoms with Crippen molar-refractivity contribution in [3.63, 3.8) is 0 Å². The Labute approximate surface area is 173 Å². The van der Waals surface area contributed by atoms with Crippen molar-refractivity contribution >= 4 is 11.8 Å². The number of halogens is 2. The summed E-state index contributed by atoms with van der Waals surface area (Å²) in [6.07, 6.45) is 12.8. The highest BCUT2D eigenvalue weighted by atomic mass is 19.1. The topological polar surface area (TPSA) is 21.6 Å². The monoisotopic (exact) mass is 397 g/mol. The van der Waals surface area contributed by atoms with Crippen LogP contribution >= 0.6 is 0 Å². The number of allylic oxidation sites excluding steroid dienone is 8. The number of aliphatic imine (C=N–C) groups is 1. The van der Waals surface area contributed by atoms with Crippen LogP contribution in [0.5, 0.6) is 0 Å². The first-order valence-corrected chi connectivity index (χ1v) is 9.50. The minimum absolute atomic E-state index is 0.210. The molecule has 2 rings (SSSR count). The third-order valence-corrected chi connectivity index (χ3v) is 4.06. The van der Waals surface area contributed by atoms with Crippen LogP contribution in [-0.4, -0.2) is 12.8 Å². The van der Waals surface area contributed by atoms with Crippen LogP contribution < -0.4 is 0 Å². The van der Waals surface area contributed by atoms with E-state index in [9.17, 15) is 8.78 Å². The van der Waals surface area contributed by atoms with Crippen LogP contribution in [0.2, 0.25) is 0 Å². The summed E-state index contributed by atoms with van der Waals surface area (Å²) in [6.45, 7) is 13.3. The molecule has 1 aliphatic rings. The number of ether oxygens (including phenoxy) is 1. The van der Waals surface area contributed by atoms with Crippen LogP contribution in [-0.2, 0) is 4.74 Å². The van der Waals surface area contributed by atoms with Gasteiger partial charge in [0.2, 0.25) is 0 Å². The lowest BCUT2D eigenvalue weighted by Crippen LogP contribution is -2.04. The largest absolute Gasteiger partial charge is 0.487 e. The lowest BCUT2D eigenvalue weighted by molar-refractivity contribution is 0.250. The highest BCUT2D eigenvalue weighted by Gasteiger charge is 2.06. The van der Waals surface area contributed by atoms with E-state index in [0.717, 1.165) is 23.3 Å². The van der Waals surface area contributed by atoms with Crippen molar-refractivity contribution in [1.29, 1.82) is 0 Å². The standard InChI is InChI=1S/C14H18FNO.C11H11F/c1-4-12(15)9-14(5-2)17-10-13-8-11(3)6-7-16-13;1-3-9(4-2)10-5-7-11(12)8-6-10/h4-5,7-9,11H,2,6,10H2,1,3H3;3-8H,1H2,2H3/b12-4+,14-9+;9-4+. The van der Waals surface area contributed by atoms with E-state index >= 15 is 0 Å². The van der Waals surface area contributed by atoms with Gasteiger partial charge in [-0.2, -0.15) is 0 Å². The Morgan fingerprint density at radius 1 is 1.17 bits per heavy atom. The minimum Gasteiger partial charge on any atom is -0.487 e. The van der Waals surface area contributed by atoms with Crippen molar-refractivity contribution in [3.8, 4) is 0 Å². The van der Waals surface area contributed by atoms with Crippen molar-refractivity contribution in [2.24, 2.45) is 10.9 Å². The van der Waals surface area contributed by atoms with Crippen molar-refractivity contribution in [3.05, 3.63) is 103 Å². The molecule has 154 valence electrons. The van der Waals surface area contributed by atoms with Crippen LogP contribution in [0.25, 0.3) is 5.57 Å². The zero-order valence-electron chi connectivity index (χ0n) is 17.4. The molecule has 1 atom stereocenters. The zero-order chi connectivity index (χ0) is 21.6. The normalized spacial score (nSPS) is 17.1. The highest BCUT2D eigenvalue weighted by Crippen LogP contribution is 2.16. The number of benzene rings is 1. The second-order valence-electron chi connectivity index (χ2n) is 6.35. The molecule has 0 N–H and O–H groups in total. The number of hydrogen-bond donors (Lipinski definition) is 0. The van der Waals surface area contributed by atoms with Crippen molar-refractivity contribution < 1.29 is 13.5 Å². The van der Waals surface area contributed by atoms with Crippen LogP contribution in [0, 0.1) is 11.7 Å². The van der Waals surface area contributed by atoms with Crippen molar-refractivity contribution in [2.75, 3.05) is 6.61 Å². The third kappa shape index (κ3) is 9.15. The lowest BCUT2D eigenvalue weighted by atomic mass is 10.1. The predicted octanol–water partition coefficient (Wildman–Crippen LogP) is 7.36. The number of nitrogens with zero attached hydrogens (tertiary/aromatic N) is 1. The van der Waals surface area contributed by atoms with Gasteiger partial charge in [-0.25, -0.2) is 8.78 Å². The van der Waals surface area contributed by atoms with E-state index in [4.69, 9.17) is 4.74 Å². The van der Waals surface area contributed by atoms with Crippen molar-refractivity contribution in [2.45, 2.75) is 27.2 Å². The third-order valence-electron chi connectivity index (χ3n) is 4.06. The summed E-state index contributed by atoms with van der Waals surface area (Å²) in [5.41, 5.74) is 2.89. The Hall–Kier alpha value is -3.01. The number of hydrogen-bond acceptors (Lipinski definition) is 2. The second kappa shape index (κ2) is 13.2. The average molecular weight is 398 g/mol. The summed E-state index contributed by atoms with van der Waals surface area (Å²) in [5, 5.41) is 0. The van der Waals surface area contributed by atoms with E-state index in [1.54, 1.807) is 25.1 Å². The maximum absolute atomic E-state index is 13.0. The lowest BCUT2D eigenvalue weighted by Gasteiger charge is -2.12. The molecule has 0 saturated heterocycles. The van der Waals surface area contributed by atoms with E-state index in [0.29, 0.717) is 18.3 Å². The number of rotatable bonds is 7. The molecule has 0 amide bonds. The SMILES string of the molecule is C=C/C(=C\C(F)=C/C)OCC1=CC(C)CC=N1.C=C/C(=C\C)c1ccc(F)cc1. The second-order valence-corrected chi connectivity index (χ2v) is 6.35.